The molecule has 2 aromatic heterocycles. The number of ether oxygens (including phenoxy) is 1. The van der Waals surface area contributed by atoms with Gasteiger partial charge in [-0.1, -0.05) is 35.9 Å². The number of aromatic nitrogens is 2. The summed E-state index contributed by atoms with van der Waals surface area (Å²) in [5.41, 5.74) is 5.36. The molecule has 3 aromatic rings. The van der Waals surface area contributed by atoms with E-state index in [-0.39, 0.29) is 17.6 Å². The Morgan fingerprint density at radius 2 is 2.05 bits per heavy atom. The normalized spacial score (nSPS) is 19.2. The first-order chi connectivity index (χ1) is 18.2. The van der Waals surface area contributed by atoms with Crippen molar-refractivity contribution in [1.29, 1.82) is 0 Å². The molecule has 0 radical (unpaired) electrons. The summed E-state index contributed by atoms with van der Waals surface area (Å²) in [6.45, 7) is 2.31. The Balaban J connectivity index is 1.36. The summed E-state index contributed by atoms with van der Waals surface area (Å²) in [7, 11) is -3.25. The largest absolute Gasteiger partial charge is 0.486 e. The van der Waals surface area contributed by atoms with Gasteiger partial charge in [0, 0.05) is 30.9 Å². The van der Waals surface area contributed by atoms with E-state index in [0.717, 1.165) is 49.2 Å². The highest BCUT2D eigenvalue weighted by Gasteiger charge is 2.35. The fourth-order valence-electron chi connectivity index (χ4n) is 5.26. The van der Waals surface area contributed by atoms with Crippen molar-refractivity contribution in [1.82, 2.24) is 20.0 Å². The Bertz CT molecular complexity index is 1510. The van der Waals surface area contributed by atoms with Crippen LogP contribution < -0.4 is 20.3 Å². The fraction of sp³-hybridized carbons (Fsp3) is 0.357. The predicted molar refractivity (Wildman–Crippen MR) is 150 cm³/mol. The smallest absolute Gasteiger partial charge is 0.259 e. The molecule has 1 aliphatic carbocycles. The molecule has 1 atom stereocenters. The van der Waals surface area contributed by atoms with Crippen LogP contribution in [0.3, 0.4) is 0 Å². The maximum Gasteiger partial charge on any atom is 0.259 e. The number of hydrogen-bond donors (Lipinski definition) is 3. The number of allylic oxidation sites excluding steroid dienone is 1. The second kappa shape index (κ2) is 11.0. The summed E-state index contributed by atoms with van der Waals surface area (Å²) < 4.78 is 32.2. The number of H-pyrrole nitrogens is 1. The van der Waals surface area contributed by atoms with Crippen molar-refractivity contribution >= 4 is 33.3 Å². The first-order valence-corrected chi connectivity index (χ1v) is 14.9. The first-order valence-electron chi connectivity index (χ1n) is 12.6. The van der Waals surface area contributed by atoms with E-state index < -0.39 is 10.0 Å². The number of fused-ring (bicyclic) bond motifs is 1. The molecular formula is C28H31ClN4O4S. The predicted octanol–water partition coefficient (Wildman–Crippen LogP) is 3.56. The van der Waals surface area contributed by atoms with Gasteiger partial charge in [0.1, 0.15) is 12.4 Å². The van der Waals surface area contributed by atoms with Crippen LogP contribution in [0.25, 0.3) is 11.6 Å². The van der Waals surface area contributed by atoms with Crippen LogP contribution in [0.5, 0.6) is 5.75 Å². The van der Waals surface area contributed by atoms with Gasteiger partial charge < -0.3 is 15.0 Å². The zero-order valence-corrected chi connectivity index (χ0v) is 22.8. The molecule has 0 spiro atoms. The van der Waals surface area contributed by atoms with Gasteiger partial charge in [-0.25, -0.2) is 13.1 Å². The zero-order valence-electron chi connectivity index (χ0n) is 21.2. The lowest BCUT2D eigenvalue weighted by atomic mass is 9.79. The van der Waals surface area contributed by atoms with Crippen LogP contribution in [0.2, 0.25) is 5.02 Å². The molecule has 0 unspecified atom stereocenters. The summed E-state index contributed by atoms with van der Waals surface area (Å²) in [5.74, 6) is 0.519. The maximum absolute atomic E-state index is 12.9. The molecule has 38 heavy (non-hydrogen) atoms. The Morgan fingerprint density at radius 3 is 2.79 bits per heavy atom. The molecule has 0 saturated carbocycles. The van der Waals surface area contributed by atoms with Crippen LogP contribution >= 0.6 is 11.6 Å². The van der Waals surface area contributed by atoms with Gasteiger partial charge in [-0.3, -0.25) is 9.78 Å². The van der Waals surface area contributed by atoms with Crippen molar-refractivity contribution in [2.75, 3.05) is 25.9 Å². The van der Waals surface area contributed by atoms with Crippen molar-refractivity contribution in [3.8, 4) is 5.75 Å². The van der Waals surface area contributed by atoms with Crippen LogP contribution in [-0.4, -0.2) is 44.3 Å². The Labute approximate surface area is 227 Å². The molecular weight excluding hydrogens is 524 g/mol. The SMILES string of the molecule is CS(=O)(=O)NC[C@]1(Cc2ccc3c(c2)CCC(c2c(OCc4ccc(Cl)cn4)cc[nH]c2=O)=C3)CCNC1. The number of nitrogens with one attached hydrogen (secondary N) is 3. The zero-order chi connectivity index (χ0) is 26.8. The molecule has 0 bridgehead atoms. The number of aromatic amines is 1. The maximum atomic E-state index is 12.9. The van der Waals surface area contributed by atoms with Gasteiger partial charge in [0.25, 0.3) is 5.56 Å². The van der Waals surface area contributed by atoms with Gasteiger partial charge >= 0.3 is 0 Å². The highest BCUT2D eigenvalue weighted by molar-refractivity contribution is 7.88. The second-order valence-corrected chi connectivity index (χ2v) is 12.5. The van der Waals surface area contributed by atoms with E-state index in [0.29, 0.717) is 29.3 Å². The third kappa shape index (κ3) is 6.35. The van der Waals surface area contributed by atoms with E-state index in [1.54, 1.807) is 30.6 Å². The van der Waals surface area contributed by atoms with Gasteiger partial charge in [-0.2, -0.15) is 0 Å². The Kier molecular flexibility index (Phi) is 7.72. The lowest BCUT2D eigenvalue weighted by molar-refractivity contribution is 0.299. The van der Waals surface area contributed by atoms with E-state index in [9.17, 15) is 13.2 Å². The van der Waals surface area contributed by atoms with Crippen molar-refractivity contribution in [3.05, 3.63) is 92.1 Å². The van der Waals surface area contributed by atoms with Crippen LogP contribution in [0.4, 0.5) is 0 Å². The molecule has 3 N–H and O–H groups in total. The Hall–Kier alpha value is -2.98. The quantitative estimate of drug-likeness (QED) is 0.373. The standard InChI is InChI=1S/C28H31ClN4O4S/c1-38(35,36)33-18-28(9-11-30-17-28)14-19-2-3-21-13-22(5-4-20(21)12-19)26-25(8-10-31-27(26)34)37-16-24-7-6-23(29)15-32-24/h2-3,6-8,10,12-13,15,30,33H,4-5,9,11,14,16-18H2,1H3,(H,31,34)/t28-/m0/s1. The minimum absolute atomic E-state index is 0.143. The minimum atomic E-state index is -3.25. The fourth-order valence-corrected chi connectivity index (χ4v) is 5.94. The van der Waals surface area contributed by atoms with E-state index in [1.165, 1.54) is 17.4 Å². The monoisotopic (exact) mass is 554 g/mol. The number of aryl methyl sites for hydroxylation is 1. The highest BCUT2D eigenvalue weighted by atomic mass is 35.5. The highest BCUT2D eigenvalue weighted by Crippen LogP contribution is 2.35. The molecule has 200 valence electrons. The van der Waals surface area contributed by atoms with Crippen LogP contribution in [0, 0.1) is 5.41 Å². The molecule has 5 rings (SSSR count). The van der Waals surface area contributed by atoms with Gasteiger partial charge in [-0.05, 0) is 72.7 Å². The van der Waals surface area contributed by atoms with Gasteiger partial charge in [0.15, 0.2) is 0 Å². The topological polar surface area (TPSA) is 113 Å². The van der Waals surface area contributed by atoms with E-state index >= 15 is 0 Å². The first kappa shape index (κ1) is 26.6. The molecule has 1 aliphatic heterocycles. The number of rotatable bonds is 9. The lowest BCUT2D eigenvalue weighted by Crippen LogP contribution is -2.40. The lowest BCUT2D eigenvalue weighted by Gasteiger charge is -2.29. The van der Waals surface area contributed by atoms with Gasteiger partial charge in [0.05, 0.1) is 22.5 Å². The number of nitrogens with zero attached hydrogens (tertiary/aromatic N) is 1. The molecule has 0 amide bonds. The number of hydrogen-bond acceptors (Lipinski definition) is 6. The summed E-state index contributed by atoms with van der Waals surface area (Å²) in [5, 5.41) is 3.95. The number of halogens is 1. The summed E-state index contributed by atoms with van der Waals surface area (Å²) >= 11 is 5.92. The number of benzene rings is 1. The van der Waals surface area contributed by atoms with Gasteiger partial charge in [-0.15, -0.1) is 0 Å². The third-order valence-electron chi connectivity index (χ3n) is 7.23. The van der Waals surface area contributed by atoms with Crippen molar-refractivity contribution in [2.45, 2.75) is 32.3 Å². The molecule has 1 saturated heterocycles. The third-order valence-corrected chi connectivity index (χ3v) is 8.12. The molecule has 1 aromatic carbocycles. The van der Waals surface area contributed by atoms with Crippen molar-refractivity contribution < 1.29 is 13.2 Å². The minimum Gasteiger partial charge on any atom is -0.486 e. The van der Waals surface area contributed by atoms with Crippen LogP contribution in [0.1, 0.15) is 40.8 Å². The van der Waals surface area contributed by atoms with Crippen LogP contribution in [-0.2, 0) is 29.5 Å². The molecule has 1 fully saturated rings. The van der Waals surface area contributed by atoms with E-state index in [1.807, 2.05) is 0 Å². The van der Waals surface area contributed by atoms with E-state index in [2.05, 4.69) is 44.3 Å². The van der Waals surface area contributed by atoms with Crippen molar-refractivity contribution in [2.24, 2.45) is 5.41 Å². The summed E-state index contributed by atoms with van der Waals surface area (Å²) in [6, 6.07) is 11.8. The average Bonchev–Trinajstić information content (AvgIpc) is 3.35. The van der Waals surface area contributed by atoms with E-state index in [4.69, 9.17) is 16.3 Å². The van der Waals surface area contributed by atoms with Crippen molar-refractivity contribution in [3.63, 3.8) is 0 Å². The Morgan fingerprint density at radius 1 is 1.18 bits per heavy atom. The molecule has 8 nitrogen and oxygen atoms in total. The second-order valence-electron chi connectivity index (χ2n) is 10.2. The molecule has 2 aliphatic rings. The number of pyridine rings is 2. The van der Waals surface area contributed by atoms with Gasteiger partial charge in [0.2, 0.25) is 10.0 Å². The summed E-state index contributed by atoms with van der Waals surface area (Å²) in [4.78, 5) is 19.9. The average molecular weight is 555 g/mol. The molecule has 3 heterocycles. The van der Waals surface area contributed by atoms with Crippen LogP contribution in [0.15, 0.2) is 53.6 Å². The summed E-state index contributed by atoms with van der Waals surface area (Å²) in [6.07, 6.45) is 9.65. The number of sulfonamides is 1. The molecule has 10 heteroatoms.